The number of fused-ring (bicyclic) bond motifs is 1. The predicted molar refractivity (Wildman–Crippen MR) is 107 cm³/mol. The lowest BCUT2D eigenvalue weighted by Crippen LogP contribution is -2.39. The Balaban J connectivity index is 1.40. The van der Waals surface area contributed by atoms with Gasteiger partial charge in [0.1, 0.15) is 17.4 Å². The van der Waals surface area contributed by atoms with Gasteiger partial charge in [-0.05, 0) is 38.0 Å². The summed E-state index contributed by atoms with van der Waals surface area (Å²) in [5.74, 6) is 3.09. The first-order chi connectivity index (χ1) is 14.1. The third-order valence-corrected chi connectivity index (χ3v) is 5.89. The summed E-state index contributed by atoms with van der Waals surface area (Å²) in [6, 6.07) is 5.26. The summed E-state index contributed by atoms with van der Waals surface area (Å²) in [5, 5.41) is 12.1. The number of nitrogens with zero attached hydrogens (tertiary/aromatic N) is 4. The molecular formula is C21H27N5O3. The second-order valence-corrected chi connectivity index (χ2v) is 7.72. The second kappa shape index (κ2) is 8.32. The summed E-state index contributed by atoms with van der Waals surface area (Å²) in [5.41, 5.74) is 1.35. The van der Waals surface area contributed by atoms with Crippen LogP contribution in [0.2, 0.25) is 0 Å². The molecule has 2 aliphatic heterocycles. The molecule has 1 aromatic heterocycles. The van der Waals surface area contributed by atoms with Crippen LogP contribution in [-0.4, -0.2) is 58.1 Å². The van der Waals surface area contributed by atoms with Gasteiger partial charge in [-0.2, -0.15) is 0 Å². The fourth-order valence-electron chi connectivity index (χ4n) is 4.21. The van der Waals surface area contributed by atoms with E-state index in [4.69, 9.17) is 4.74 Å². The molecule has 1 N–H and O–H groups in total. The van der Waals surface area contributed by atoms with Crippen molar-refractivity contribution < 1.29 is 14.3 Å². The lowest BCUT2D eigenvalue weighted by molar-refractivity contribution is -0.131. The highest BCUT2D eigenvalue weighted by Gasteiger charge is 2.29. The Hall–Kier alpha value is -2.74. The Morgan fingerprint density at radius 3 is 2.72 bits per heavy atom. The van der Waals surface area contributed by atoms with Crippen molar-refractivity contribution in [1.29, 1.82) is 0 Å². The number of ether oxygens (including phenoxy) is 1. The monoisotopic (exact) mass is 397 g/mol. The van der Waals surface area contributed by atoms with Gasteiger partial charge in [0.05, 0.1) is 20.1 Å². The average Bonchev–Trinajstić information content (AvgIpc) is 3.18. The van der Waals surface area contributed by atoms with E-state index in [1.165, 1.54) is 6.92 Å². The van der Waals surface area contributed by atoms with Crippen LogP contribution in [0.15, 0.2) is 18.2 Å². The second-order valence-electron chi connectivity index (χ2n) is 7.72. The summed E-state index contributed by atoms with van der Waals surface area (Å²) in [7, 11) is 1.58. The highest BCUT2D eigenvalue weighted by Crippen LogP contribution is 2.29. The van der Waals surface area contributed by atoms with E-state index in [9.17, 15) is 9.59 Å². The molecule has 1 amide bonds. The molecule has 8 heteroatoms. The zero-order valence-corrected chi connectivity index (χ0v) is 17.0. The largest absolute Gasteiger partial charge is 0.496 e. The van der Waals surface area contributed by atoms with Crippen LogP contribution in [0, 0.1) is 0 Å². The number of Topliss-reactive ketones (excluding diaryl/α,β-unsaturated/α-hetero) is 1. The number of benzene rings is 1. The SMILES string of the molecule is COc1ccc(C(C)=O)cc1CC(=O)N1CCC(c2nnc3n2CCNC3)CC1. The molecule has 154 valence electrons. The van der Waals surface area contributed by atoms with Crippen molar-refractivity contribution in [2.24, 2.45) is 0 Å². The lowest BCUT2D eigenvalue weighted by Gasteiger charge is -2.32. The maximum atomic E-state index is 12.9. The average molecular weight is 397 g/mol. The van der Waals surface area contributed by atoms with Crippen molar-refractivity contribution in [2.75, 3.05) is 26.7 Å². The van der Waals surface area contributed by atoms with Gasteiger partial charge in [0.2, 0.25) is 5.91 Å². The predicted octanol–water partition coefficient (Wildman–Crippen LogP) is 1.54. The van der Waals surface area contributed by atoms with Gasteiger partial charge in [-0.1, -0.05) is 0 Å². The maximum Gasteiger partial charge on any atom is 0.227 e. The molecule has 2 aliphatic rings. The van der Waals surface area contributed by atoms with E-state index in [0.717, 1.165) is 49.7 Å². The van der Waals surface area contributed by atoms with Crippen LogP contribution in [0.1, 0.15) is 53.3 Å². The summed E-state index contributed by atoms with van der Waals surface area (Å²) < 4.78 is 7.61. The normalized spacial score (nSPS) is 17.1. The number of carbonyl (C=O) groups excluding carboxylic acids is 2. The lowest BCUT2D eigenvalue weighted by atomic mass is 9.95. The Morgan fingerprint density at radius 2 is 2.00 bits per heavy atom. The Kier molecular flexibility index (Phi) is 5.62. The number of hydrogen-bond donors (Lipinski definition) is 1. The molecule has 0 spiro atoms. The van der Waals surface area contributed by atoms with Gasteiger partial charge in [0, 0.05) is 43.2 Å². The highest BCUT2D eigenvalue weighted by molar-refractivity contribution is 5.94. The van der Waals surface area contributed by atoms with Crippen LogP contribution in [0.5, 0.6) is 5.75 Å². The van der Waals surface area contributed by atoms with Crippen LogP contribution < -0.4 is 10.1 Å². The maximum absolute atomic E-state index is 12.9. The number of hydrogen-bond acceptors (Lipinski definition) is 6. The summed E-state index contributed by atoms with van der Waals surface area (Å²) in [6.07, 6.45) is 2.02. The number of nitrogens with one attached hydrogen (secondary N) is 1. The van der Waals surface area contributed by atoms with Gasteiger partial charge >= 0.3 is 0 Å². The fourth-order valence-corrected chi connectivity index (χ4v) is 4.21. The van der Waals surface area contributed by atoms with Crippen LogP contribution in [-0.2, 0) is 24.3 Å². The van der Waals surface area contributed by atoms with Gasteiger partial charge in [0.15, 0.2) is 5.78 Å². The number of rotatable bonds is 5. The van der Waals surface area contributed by atoms with E-state index in [2.05, 4.69) is 20.1 Å². The molecule has 8 nitrogen and oxygen atoms in total. The number of amides is 1. The van der Waals surface area contributed by atoms with Crippen molar-refractivity contribution in [3.63, 3.8) is 0 Å². The molecule has 4 rings (SSSR count). The van der Waals surface area contributed by atoms with Crippen LogP contribution in [0.4, 0.5) is 0 Å². The van der Waals surface area contributed by atoms with Gasteiger partial charge < -0.3 is 19.5 Å². The highest BCUT2D eigenvalue weighted by atomic mass is 16.5. The van der Waals surface area contributed by atoms with Gasteiger partial charge in [-0.3, -0.25) is 9.59 Å². The number of aromatic nitrogens is 3. The molecule has 1 aromatic carbocycles. The van der Waals surface area contributed by atoms with E-state index < -0.39 is 0 Å². The molecule has 0 aliphatic carbocycles. The number of methoxy groups -OCH3 is 1. The van der Waals surface area contributed by atoms with Crippen molar-refractivity contribution in [1.82, 2.24) is 25.0 Å². The Morgan fingerprint density at radius 1 is 1.21 bits per heavy atom. The molecule has 1 fully saturated rings. The van der Waals surface area contributed by atoms with Crippen molar-refractivity contribution in [3.8, 4) is 5.75 Å². The first-order valence-corrected chi connectivity index (χ1v) is 10.1. The minimum absolute atomic E-state index is 0.0194. The van der Waals surface area contributed by atoms with E-state index in [1.54, 1.807) is 25.3 Å². The number of piperidine rings is 1. The minimum Gasteiger partial charge on any atom is -0.496 e. The van der Waals surface area contributed by atoms with Crippen molar-refractivity contribution in [2.45, 2.75) is 45.2 Å². The first kappa shape index (κ1) is 19.6. The quantitative estimate of drug-likeness (QED) is 0.770. The molecule has 1 saturated heterocycles. The zero-order chi connectivity index (χ0) is 20.4. The number of ketones is 1. The van der Waals surface area contributed by atoms with Crippen molar-refractivity contribution >= 4 is 11.7 Å². The molecule has 0 saturated carbocycles. The van der Waals surface area contributed by atoms with Gasteiger partial charge in [-0.25, -0.2) is 0 Å². The van der Waals surface area contributed by atoms with Gasteiger partial charge in [-0.15, -0.1) is 10.2 Å². The Labute approximate surface area is 170 Å². The third-order valence-electron chi connectivity index (χ3n) is 5.89. The summed E-state index contributed by atoms with van der Waals surface area (Å²) in [6.45, 7) is 5.56. The van der Waals surface area contributed by atoms with Gasteiger partial charge in [0.25, 0.3) is 0 Å². The van der Waals surface area contributed by atoms with E-state index in [0.29, 0.717) is 30.3 Å². The van der Waals surface area contributed by atoms with E-state index >= 15 is 0 Å². The zero-order valence-electron chi connectivity index (χ0n) is 17.0. The summed E-state index contributed by atoms with van der Waals surface area (Å²) in [4.78, 5) is 26.5. The molecule has 0 radical (unpaired) electrons. The van der Waals surface area contributed by atoms with E-state index in [1.807, 2.05) is 4.90 Å². The number of carbonyl (C=O) groups is 2. The molecule has 3 heterocycles. The third kappa shape index (κ3) is 4.03. The van der Waals surface area contributed by atoms with Crippen LogP contribution >= 0.6 is 0 Å². The van der Waals surface area contributed by atoms with E-state index in [-0.39, 0.29) is 18.1 Å². The standard InChI is InChI=1S/C21H27N5O3/c1-14(27)16-3-4-18(29-2)17(11-16)12-20(28)25-8-5-15(6-9-25)21-24-23-19-13-22-7-10-26(19)21/h3-4,11,15,22H,5-10,12-13H2,1-2H3. The molecule has 29 heavy (non-hydrogen) atoms. The summed E-state index contributed by atoms with van der Waals surface area (Å²) >= 11 is 0. The van der Waals surface area contributed by atoms with Crippen LogP contribution in [0.3, 0.4) is 0 Å². The number of likely N-dealkylation sites (tertiary alicyclic amines) is 1. The minimum atomic E-state index is -0.0194. The van der Waals surface area contributed by atoms with Crippen molar-refractivity contribution in [3.05, 3.63) is 41.0 Å². The first-order valence-electron chi connectivity index (χ1n) is 10.1. The smallest absolute Gasteiger partial charge is 0.227 e. The topological polar surface area (TPSA) is 89.4 Å². The van der Waals surface area contributed by atoms with Crippen LogP contribution in [0.25, 0.3) is 0 Å². The molecular weight excluding hydrogens is 370 g/mol. The molecule has 0 atom stereocenters. The fraction of sp³-hybridized carbons (Fsp3) is 0.524. The Bertz CT molecular complexity index is 915. The molecule has 0 unspecified atom stereocenters. The molecule has 2 aromatic rings. The molecule has 0 bridgehead atoms.